The van der Waals surface area contributed by atoms with Crippen molar-refractivity contribution in [3.63, 3.8) is 0 Å². The topological polar surface area (TPSA) is 26.3 Å². The first kappa shape index (κ1) is 19.8. The minimum absolute atomic E-state index is 0.354. The Hall–Kier alpha value is -1.52. The zero-order valence-electron chi connectivity index (χ0n) is 14.8. The Kier molecular flexibility index (Phi) is 7.33. The molecule has 1 aromatic carbocycles. The standard InChI is InChI=1S/C20H27F3O2/c1-2-3-4-5-15-6-8-16(9-7-15)14-25-18-12-10-17(11-13-18)19(24)20(21,22)23/h10-13,15-16H,2-9,14H2,1H3. The SMILES string of the molecule is CCCCCC1CCC(COc2ccc(C(=O)C(F)(F)F)cc2)CC1. The van der Waals surface area contributed by atoms with E-state index in [1.165, 1.54) is 62.8 Å². The van der Waals surface area contributed by atoms with Crippen molar-refractivity contribution in [3.8, 4) is 5.75 Å². The lowest BCUT2D eigenvalue weighted by molar-refractivity contribution is -0.0885. The van der Waals surface area contributed by atoms with Gasteiger partial charge in [-0.3, -0.25) is 4.79 Å². The lowest BCUT2D eigenvalue weighted by Gasteiger charge is -2.28. The molecule has 5 heteroatoms. The molecule has 1 saturated carbocycles. The normalized spacial score (nSPS) is 21.1. The molecular formula is C20H27F3O2. The van der Waals surface area contributed by atoms with E-state index in [1.54, 1.807) is 0 Å². The van der Waals surface area contributed by atoms with E-state index < -0.39 is 12.0 Å². The van der Waals surface area contributed by atoms with Crippen LogP contribution in [0.2, 0.25) is 0 Å². The van der Waals surface area contributed by atoms with Crippen LogP contribution in [0.3, 0.4) is 0 Å². The molecule has 0 aliphatic heterocycles. The quantitative estimate of drug-likeness (QED) is 0.410. The second-order valence-corrected chi connectivity index (χ2v) is 7.04. The van der Waals surface area contributed by atoms with Crippen LogP contribution in [-0.4, -0.2) is 18.6 Å². The second kappa shape index (κ2) is 9.25. The van der Waals surface area contributed by atoms with Crippen molar-refractivity contribution in [1.29, 1.82) is 0 Å². The lowest BCUT2D eigenvalue weighted by atomic mass is 9.80. The molecule has 0 aromatic heterocycles. The Morgan fingerprint density at radius 2 is 1.64 bits per heavy atom. The van der Waals surface area contributed by atoms with Crippen molar-refractivity contribution >= 4 is 5.78 Å². The van der Waals surface area contributed by atoms with Gasteiger partial charge >= 0.3 is 6.18 Å². The highest BCUT2D eigenvalue weighted by Crippen LogP contribution is 2.32. The van der Waals surface area contributed by atoms with E-state index in [1.807, 2.05) is 0 Å². The first-order valence-electron chi connectivity index (χ1n) is 9.24. The Morgan fingerprint density at radius 1 is 1.04 bits per heavy atom. The number of halogens is 3. The third-order valence-electron chi connectivity index (χ3n) is 5.04. The van der Waals surface area contributed by atoms with Crippen LogP contribution in [0, 0.1) is 11.8 Å². The molecule has 1 aliphatic rings. The number of benzene rings is 1. The zero-order valence-corrected chi connectivity index (χ0v) is 14.8. The van der Waals surface area contributed by atoms with Crippen LogP contribution in [0.4, 0.5) is 13.2 Å². The maximum atomic E-state index is 12.4. The first-order valence-corrected chi connectivity index (χ1v) is 9.24. The van der Waals surface area contributed by atoms with E-state index in [2.05, 4.69) is 6.92 Å². The average molecular weight is 356 g/mol. The van der Waals surface area contributed by atoms with Crippen molar-refractivity contribution in [2.75, 3.05) is 6.61 Å². The molecule has 0 atom stereocenters. The third kappa shape index (κ3) is 6.37. The molecule has 0 bridgehead atoms. The maximum absolute atomic E-state index is 12.4. The van der Waals surface area contributed by atoms with E-state index in [9.17, 15) is 18.0 Å². The molecule has 25 heavy (non-hydrogen) atoms. The second-order valence-electron chi connectivity index (χ2n) is 7.04. The number of hydrogen-bond donors (Lipinski definition) is 0. The molecule has 0 unspecified atom stereocenters. The number of Topliss-reactive ketones (excluding diaryl/α,β-unsaturated/α-hetero) is 1. The van der Waals surface area contributed by atoms with E-state index >= 15 is 0 Å². The Labute approximate surface area is 147 Å². The zero-order chi connectivity index (χ0) is 18.3. The smallest absolute Gasteiger partial charge is 0.454 e. The number of carbonyl (C=O) groups is 1. The molecule has 2 nitrogen and oxygen atoms in total. The average Bonchev–Trinajstić information content (AvgIpc) is 2.60. The van der Waals surface area contributed by atoms with E-state index in [0.29, 0.717) is 18.3 Å². The number of ether oxygens (including phenoxy) is 1. The minimum Gasteiger partial charge on any atom is -0.493 e. The van der Waals surface area contributed by atoms with Crippen molar-refractivity contribution in [2.45, 2.75) is 64.5 Å². The van der Waals surface area contributed by atoms with Gasteiger partial charge in [-0.15, -0.1) is 0 Å². The monoisotopic (exact) mass is 356 g/mol. The molecule has 1 fully saturated rings. The summed E-state index contributed by atoms with van der Waals surface area (Å²) in [5.41, 5.74) is -0.354. The molecule has 0 radical (unpaired) electrons. The van der Waals surface area contributed by atoms with Gasteiger partial charge in [-0.05, 0) is 48.9 Å². The van der Waals surface area contributed by atoms with Gasteiger partial charge in [0.2, 0.25) is 0 Å². The van der Waals surface area contributed by atoms with Crippen LogP contribution in [0.1, 0.15) is 68.6 Å². The Balaban J connectivity index is 1.73. The van der Waals surface area contributed by atoms with Crippen LogP contribution in [0.5, 0.6) is 5.75 Å². The molecule has 1 aliphatic carbocycles. The van der Waals surface area contributed by atoms with E-state index in [-0.39, 0.29) is 5.56 Å². The highest BCUT2D eigenvalue weighted by atomic mass is 19.4. The van der Waals surface area contributed by atoms with Gasteiger partial charge in [0.15, 0.2) is 0 Å². The van der Waals surface area contributed by atoms with Crippen LogP contribution < -0.4 is 4.74 Å². The molecule has 140 valence electrons. The van der Waals surface area contributed by atoms with Crippen LogP contribution in [0.15, 0.2) is 24.3 Å². The fourth-order valence-electron chi connectivity index (χ4n) is 3.45. The maximum Gasteiger partial charge on any atom is 0.454 e. The summed E-state index contributed by atoms with van der Waals surface area (Å²) in [6.45, 7) is 2.81. The molecule has 0 saturated heterocycles. The molecule has 0 N–H and O–H groups in total. The minimum atomic E-state index is -4.84. The highest BCUT2D eigenvalue weighted by Gasteiger charge is 2.39. The number of rotatable bonds is 8. The van der Waals surface area contributed by atoms with Crippen molar-refractivity contribution in [2.24, 2.45) is 11.8 Å². The first-order chi connectivity index (χ1) is 11.9. The van der Waals surface area contributed by atoms with E-state index in [4.69, 9.17) is 4.74 Å². The third-order valence-corrected chi connectivity index (χ3v) is 5.04. The summed E-state index contributed by atoms with van der Waals surface area (Å²) in [6, 6.07) is 5.23. The van der Waals surface area contributed by atoms with E-state index in [0.717, 1.165) is 18.8 Å². The molecule has 2 rings (SSSR count). The molecular weight excluding hydrogens is 329 g/mol. The summed E-state index contributed by atoms with van der Waals surface area (Å²) in [7, 11) is 0. The van der Waals surface area contributed by atoms with Crippen LogP contribution in [0.25, 0.3) is 0 Å². The summed E-state index contributed by atoms with van der Waals surface area (Å²) < 4.78 is 42.8. The summed E-state index contributed by atoms with van der Waals surface area (Å²) in [4.78, 5) is 11.1. The predicted molar refractivity (Wildman–Crippen MR) is 91.9 cm³/mol. The van der Waals surface area contributed by atoms with Gasteiger partial charge in [-0.1, -0.05) is 45.4 Å². The Morgan fingerprint density at radius 3 is 2.20 bits per heavy atom. The number of hydrogen-bond acceptors (Lipinski definition) is 2. The summed E-state index contributed by atoms with van der Waals surface area (Å²) in [6.07, 6.45) is 5.20. The fourth-order valence-corrected chi connectivity index (χ4v) is 3.45. The largest absolute Gasteiger partial charge is 0.493 e. The predicted octanol–water partition coefficient (Wildman–Crippen LogP) is 6.20. The van der Waals surface area contributed by atoms with Gasteiger partial charge in [-0.2, -0.15) is 13.2 Å². The van der Waals surface area contributed by atoms with Gasteiger partial charge in [0.25, 0.3) is 5.78 Å². The molecule has 0 amide bonds. The summed E-state index contributed by atoms with van der Waals surface area (Å²) >= 11 is 0. The van der Waals surface area contributed by atoms with Gasteiger partial charge in [0.1, 0.15) is 5.75 Å². The number of alkyl halides is 3. The van der Waals surface area contributed by atoms with Gasteiger partial charge in [-0.25, -0.2) is 0 Å². The van der Waals surface area contributed by atoms with Gasteiger partial charge in [0, 0.05) is 5.56 Å². The lowest BCUT2D eigenvalue weighted by Crippen LogP contribution is -2.22. The molecule has 0 heterocycles. The van der Waals surface area contributed by atoms with Crippen molar-refractivity contribution in [3.05, 3.63) is 29.8 Å². The Bertz CT molecular complexity index is 529. The number of carbonyl (C=O) groups excluding carboxylic acids is 1. The van der Waals surface area contributed by atoms with Crippen molar-refractivity contribution in [1.82, 2.24) is 0 Å². The van der Waals surface area contributed by atoms with Crippen molar-refractivity contribution < 1.29 is 22.7 Å². The summed E-state index contributed by atoms with van der Waals surface area (Å²) in [5.74, 6) is 0.0543. The molecule has 0 spiro atoms. The highest BCUT2D eigenvalue weighted by molar-refractivity contribution is 6.00. The number of unbranched alkanes of at least 4 members (excludes halogenated alkanes) is 2. The van der Waals surface area contributed by atoms with Crippen LogP contribution in [-0.2, 0) is 0 Å². The van der Waals surface area contributed by atoms with Crippen LogP contribution >= 0.6 is 0 Å². The van der Waals surface area contributed by atoms with Gasteiger partial charge < -0.3 is 4.74 Å². The van der Waals surface area contributed by atoms with Gasteiger partial charge in [0.05, 0.1) is 6.61 Å². The summed E-state index contributed by atoms with van der Waals surface area (Å²) in [5, 5.41) is 0. The molecule has 1 aromatic rings. The number of ketones is 1. The fraction of sp³-hybridized carbons (Fsp3) is 0.650.